The summed E-state index contributed by atoms with van der Waals surface area (Å²) >= 11 is 0. The lowest BCUT2D eigenvalue weighted by molar-refractivity contribution is -0.116. The lowest BCUT2D eigenvalue weighted by Crippen LogP contribution is -2.46. The molecule has 0 saturated carbocycles. The van der Waals surface area contributed by atoms with Crippen LogP contribution in [0.2, 0.25) is 0 Å². The number of hydrogen-bond donors (Lipinski definition) is 2. The highest BCUT2D eigenvalue weighted by molar-refractivity contribution is 6.22. The zero-order chi connectivity index (χ0) is 19.6. The van der Waals surface area contributed by atoms with Crippen LogP contribution in [0.25, 0.3) is 0 Å². The largest absolute Gasteiger partial charge is 0.326 e. The smallest absolute Gasteiger partial charge is 0.280 e. The summed E-state index contributed by atoms with van der Waals surface area (Å²) < 4.78 is 0. The minimum absolute atomic E-state index is 0.140. The predicted octanol–water partition coefficient (Wildman–Crippen LogP) is 2.67. The third kappa shape index (κ3) is 3.44. The number of nitrogens with one attached hydrogen (secondary N) is 2. The zero-order valence-corrected chi connectivity index (χ0v) is 15.0. The maximum atomic E-state index is 12.7. The average molecular weight is 365 g/mol. The van der Waals surface area contributed by atoms with Crippen LogP contribution in [-0.4, -0.2) is 28.6 Å². The Bertz CT molecular complexity index is 917. The Kier molecular flexibility index (Phi) is 5.03. The summed E-state index contributed by atoms with van der Waals surface area (Å²) in [4.78, 5) is 49.2. The van der Waals surface area contributed by atoms with E-state index in [1.165, 1.54) is 12.1 Å². The van der Waals surface area contributed by atoms with Crippen LogP contribution in [0.15, 0.2) is 42.5 Å². The number of carbonyl (C=O) groups is 4. The minimum atomic E-state index is -0.603. The Hall–Kier alpha value is -3.48. The highest BCUT2D eigenvalue weighted by atomic mass is 16.2. The highest BCUT2D eigenvalue weighted by Crippen LogP contribution is 2.23. The lowest BCUT2D eigenvalue weighted by atomic mass is 10.1. The van der Waals surface area contributed by atoms with Gasteiger partial charge in [-0.05, 0) is 43.2 Å². The number of rotatable bonds is 5. The van der Waals surface area contributed by atoms with E-state index >= 15 is 0 Å². The molecule has 0 saturated heterocycles. The summed E-state index contributed by atoms with van der Waals surface area (Å²) in [6, 6.07) is 11.3. The third-order valence-corrected chi connectivity index (χ3v) is 4.34. The van der Waals surface area contributed by atoms with Gasteiger partial charge in [-0.1, -0.05) is 25.1 Å². The molecule has 0 spiro atoms. The van der Waals surface area contributed by atoms with E-state index in [0.29, 0.717) is 24.1 Å². The first-order valence-corrected chi connectivity index (χ1v) is 8.62. The number of benzene rings is 2. The molecule has 7 heteroatoms. The Balaban J connectivity index is 1.81. The predicted molar refractivity (Wildman–Crippen MR) is 99.1 cm³/mol. The van der Waals surface area contributed by atoms with E-state index in [1.54, 1.807) is 37.3 Å². The van der Waals surface area contributed by atoms with Crippen LogP contribution in [0, 0.1) is 6.92 Å². The van der Waals surface area contributed by atoms with Crippen molar-refractivity contribution in [2.45, 2.75) is 26.7 Å². The van der Waals surface area contributed by atoms with Gasteiger partial charge in [0, 0.05) is 17.7 Å². The molecule has 138 valence electrons. The molecule has 1 aliphatic heterocycles. The van der Waals surface area contributed by atoms with E-state index in [-0.39, 0.29) is 22.6 Å². The first kappa shape index (κ1) is 18.3. The molecule has 0 fully saturated rings. The Morgan fingerprint density at radius 2 is 1.59 bits per heavy atom. The number of fused-ring (bicyclic) bond motifs is 1. The van der Waals surface area contributed by atoms with E-state index in [1.807, 2.05) is 6.92 Å². The lowest BCUT2D eigenvalue weighted by Gasteiger charge is -2.17. The fourth-order valence-electron chi connectivity index (χ4n) is 2.91. The van der Waals surface area contributed by atoms with Crippen LogP contribution in [0.5, 0.6) is 0 Å². The number of nitrogens with zero attached hydrogens (tertiary/aromatic N) is 1. The van der Waals surface area contributed by atoms with Crippen molar-refractivity contribution in [3.8, 4) is 0 Å². The summed E-state index contributed by atoms with van der Waals surface area (Å²) in [5.41, 5.74) is 4.20. The van der Waals surface area contributed by atoms with Crippen molar-refractivity contribution in [1.82, 2.24) is 10.4 Å². The van der Waals surface area contributed by atoms with Crippen molar-refractivity contribution in [3.05, 3.63) is 64.7 Å². The fourth-order valence-corrected chi connectivity index (χ4v) is 2.91. The summed E-state index contributed by atoms with van der Waals surface area (Å²) in [5.74, 6) is -1.89. The van der Waals surface area contributed by atoms with E-state index < -0.39 is 17.7 Å². The van der Waals surface area contributed by atoms with Gasteiger partial charge in [-0.2, -0.15) is 5.01 Å². The van der Waals surface area contributed by atoms with Gasteiger partial charge in [-0.25, -0.2) is 0 Å². The number of anilines is 1. The second kappa shape index (κ2) is 7.41. The standard InChI is InChI=1S/C20H19N3O4/c1-3-7-17(24)21-16-11-6-10-13(12(16)2)18(25)22-23-19(26)14-8-4-5-9-15(14)20(23)27/h4-6,8-11H,3,7H2,1-2H3,(H,21,24)(H,22,25). The third-order valence-electron chi connectivity index (χ3n) is 4.34. The van der Waals surface area contributed by atoms with E-state index in [2.05, 4.69) is 10.7 Å². The van der Waals surface area contributed by atoms with Gasteiger partial charge in [-0.3, -0.25) is 24.6 Å². The molecule has 0 aromatic heterocycles. The molecular formula is C20H19N3O4. The highest BCUT2D eigenvalue weighted by Gasteiger charge is 2.36. The number of carbonyl (C=O) groups excluding carboxylic acids is 4. The van der Waals surface area contributed by atoms with Gasteiger partial charge in [0.15, 0.2) is 0 Å². The molecule has 1 aliphatic rings. The van der Waals surface area contributed by atoms with Crippen LogP contribution in [0.3, 0.4) is 0 Å². The maximum absolute atomic E-state index is 12.7. The quantitative estimate of drug-likeness (QED) is 0.796. The van der Waals surface area contributed by atoms with Crippen molar-refractivity contribution in [1.29, 1.82) is 0 Å². The summed E-state index contributed by atoms with van der Waals surface area (Å²) in [6.07, 6.45) is 1.09. The summed E-state index contributed by atoms with van der Waals surface area (Å²) in [5, 5.41) is 3.48. The molecule has 0 bridgehead atoms. The second-order valence-electron chi connectivity index (χ2n) is 6.21. The molecule has 0 radical (unpaired) electrons. The Labute approximate surface area is 156 Å². The molecule has 27 heavy (non-hydrogen) atoms. The van der Waals surface area contributed by atoms with Gasteiger partial charge in [0.05, 0.1) is 11.1 Å². The average Bonchev–Trinajstić information content (AvgIpc) is 2.89. The van der Waals surface area contributed by atoms with Crippen LogP contribution in [0.4, 0.5) is 5.69 Å². The molecule has 0 unspecified atom stereocenters. The Morgan fingerprint density at radius 3 is 2.19 bits per heavy atom. The summed E-state index contributed by atoms with van der Waals surface area (Å²) in [6.45, 7) is 3.59. The van der Waals surface area contributed by atoms with Crippen LogP contribution in [0.1, 0.15) is 56.4 Å². The van der Waals surface area contributed by atoms with Crippen molar-refractivity contribution in [2.24, 2.45) is 0 Å². The molecule has 2 N–H and O–H groups in total. The second-order valence-corrected chi connectivity index (χ2v) is 6.21. The topological polar surface area (TPSA) is 95.6 Å². The number of amides is 4. The van der Waals surface area contributed by atoms with Crippen molar-refractivity contribution in [3.63, 3.8) is 0 Å². The van der Waals surface area contributed by atoms with Crippen molar-refractivity contribution in [2.75, 3.05) is 5.32 Å². The molecular weight excluding hydrogens is 346 g/mol. The van der Waals surface area contributed by atoms with E-state index in [0.717, 1.165) is 5.01 Å². The monoisotopic (exact) mass is 365 g/mol. The number of hydrogen-bond acceptors (Lipinski definition) is 4. The number of hydrazine groups is 1. The molecule has 0 atom stereocenters. The normalized spacial score (nSPS) is 12.7. The van der Waals surface area contributed by atoms with Gasteiger partial charge in [0.2, 0.25) is 5.91 Å². The number of imide groups is 1. The van der Waals surface area contributed by atoms with Crippen LogP contribution in [-0.2, 0) is 4.79 Å². The van der Waals surface area contributed by atoms with Crippen molar-refractivity contribution < 1.29 is 19.2 Å². The molecule has 2 aromatic carbocycles. The van der Waals surface area contributed by atoms with Crippen LogP contribution >= 0.6 is 0 Å². The zero-order valence-electron chi connectivity index (χ0n) is 15.0. The van der Waals surface area contributed by atoms with Gasteiger partial charge in [-0.15, -0.1) is 0 Å². The molecule has 3 rings (SSSR count). The van der Waals surface area contributed by atoms with Gasteiger partial charge < -0.3 is 5.32 Å². The summed E-state index contributed by atoms with van der Waals surface area (Å²) in [7, 11) is 0. The van der Waals surface area contributed by atoms with Crippen LogP contribution < -0.4 is 10.7 Å². The Morgan fingerprint density at radius 1 is 0.963 bits per heavy atom. The molecule has 2 aromatic rings. The minimum Gasteiger partial charge on any atom is -0.326 e. The van der Waals surface area contributed by atoms with Gasteiger partial charge in [0.25, 0.3) is 17.7 Å². The fraction of sp³-hybridized carbons (Fsp3) is 0.200. The SMILES string of the molecule is CCCC(=O)Nc1cccc(C(=O)NN2C(=O)c3ccccc3C2=O)c1C. The molecule has 4 amide bonds. The van der Waals surface area contributed by atoms with Gasteiger partial charge >= 0.3 is 0 Å². The van der Waals surface area contributed by atoms with Crippen molar-refractivity contribution >= 4 is 29.3 Å². The molecule has 1 heterocycles. The van der Waals surface area contributed by atoms with E-state index in [9.17, 15) is 19.2 Å². The molecule has 7 nitrogen and oxygen atoms in total. The maximum Gasteiger partial charge on any atom is 0.280 e. The van der Waals surface area contributed by atoms with Gasteiger partial charge in [0.1, 0.15) is 0 Å². The first-order valence-electron chi connectivity index (χ1n) is 8.62. The molecule has 0 aliphatic carbocycles. The van der Waals surface area contributed by atoms with E-state index in [4.69, 9.17) is 0 Å². The first-order chi connectivity index (χ1) is 12.9.